The first-order valence-corrected chi connectivity index (χ1v) is 6.32. The summed E-state index contributed by atoms with van der Waals surface area (Å²) in [5, 5.41) is 0. The number of hydrazine groups is 1. The molecule has 0 aromatic carbocycles. The Balaban J connectivity index is 2.51. The highest BCUT2D eigenvalue weighted by Crippen LogP contribution is 2.19. The number of ether oxygens (including phenoxy) is 1. The normalized spacial score (nSPS) is 21.1. The van der Waals surface area contributed by atoms with E-state index in [9.17, 15) is 9.59 Å². The third kappa shape index (κ3) is 4.52. The van der Waals surface area contributed by atoms with E-state index in [0.29, 0.717) is 19.5 Å². The molecule has 0 aromatic heterocycles. The molecule has 6 nitrogen and oxygen atoms in total. The average molecular weight is 257 g/mol. The van der Waals surface area contributed by atoms with Crippen molar-refractivity contribution in [2.24, 2.45) is 11.8 Å². The van der Waals surface area contributed by atoms with Gasteiger partial charge >= 0.3 is 6.09 Å². The fraction of sp³-hybridized carbons (Fsp3) is 0.833. The first-order chi connectivity index (χ1) is 8.33. The molecule has 6 heteroatoms. The second kappa shape index (κ2) is 6.04. The van der Waals surface area contributed by atoms with Gasteiger partial charge in [-0.3, -0.25) is 10.2 Å². The first kappa shape index (κ1) is 14.8. The van der Waals surface area contributed by atoms with Gasteiger partial charge in [-0.25, -0.2) is 10.6 Å². The highest BCUT2D eigenvalue weighted by atomic mass is 16.6. The Labute approximate surface area is 108 Å². The fourth-order valence-electron chi connectivity index (χ4n) is 1.99. The average Bonchev–Trinajstić information content (AvgIpc) is 2.51. The van der Waals surface area contributed by atoms with E-state index in [0.717, 1.165) is 12.8 Å². The smallest absolute Gasteiger partial charge is 0.410 e. The molecule has 1 aliphatic heterocycles. The largest absolute Gasteiger partial charge is 0.444 e. The van der Waals surface area contributed by atoms with Crippen molar-refractivity contribution < 1.29 is 14.3 Å². The lowest BCUT2D eigenvalue weighted by molar-refractivity contribution is -0.125. The molecule has 1 atom stereocenters. The highest BCUT2D eigenvalue weighted by molar-refractivity contribution is 5.78. The summed E-state index contributed by atoms with van der Waals surface area (Å²) in [7, 11) is 0. The molecule has 1 unspecified atom stereocenters. The molecule has 0 radical (unpaired) electrons. The van der Waals surface area contributed by atoms with Crippen LogP contribution in [0.3, 0.4) is 0 Å². The van der Waals surface area contributed by atoms with Gasteiger partial charge in [0.05, 0.1) is 0 Å². The second-order valence-corrected chi connectivity index (χ2v) is 5.60. The number of hydrogen-bond acceptors (Lipinski definition) is 4. The third-order valence-electron chi connectivity index (χ3n) is 2.89. The Morgan fingerprint density at radius 1 is 1.28 bits per heavy atom. The van der Waals surface area contributed by atoms with E-state index in [1.54, 1.807) is 4.90 Å². The van der Waals surface area contributed by atoms with Crippen LogP contribution in [-0.4, -0.2) is 35.6 Å². The summed E-state index contributed by atoms with van der Waals surface area (Å²) in [5.74, 6) is 4.87. The van der Waals surface area contributed by atoms with Crippen LogP contribution in [0, 0.1) is 5.92 Å². The minimum Gasteiger partial charge on any atom is -0.444 e. The van der Waals surface area contributed by atoms with Gasteiger partial charge in [-0.05, 0) is 40.0 Å². The van der Waals surface area contributed by atoms with Gasteiger partial charge < -0.3 is 9.64 Å². The van der Waals surface area contributed by atoms with Crippen molar-refractivity contribution in [3.63, 3.8) is 0 Å². The van der Waals surface area contributed by atoms with Crippen LogP contribution in [0.5, 0.6) is 0 Å². The highest BCUT2D eigenvalue weighted by Gasteiger charge is 2.27. The quantitative estimate of drug-likeness (QED) is 0.417. The van der Waals surface area contributed by atoms with E-state index in [2.05, 4.69) is 5.43 Å². The predicted molar refractivity (Wildman–Crippen MR) is 67.5 cm³/mol. The molecule has 1 rings (SSSR count). The number of rotatable bonds is 1. The van der Waals surface area contributed by atoms with Crippen LogP contribution < -0.4 is 11.3 Å². The number of amides is 2. The van der Waals surface area contributed by atoms with Gasteiger partial charge in [-0.15, -0.1) is 0 Å². The summed E-state index contributed by atoms with van der Waals surface area (Å²) in [6, 6.07) is 0. The van der Waals surface area contributed by atoms with E-state index >= 15 is 0 Å². The molecule has 3 N–H and O–H groups in total. The van der Waals surface area contributed by atoms with Crippen molar-refractivity contribution in [2.45, 2.75) is 45.6 Å². The van der Waals surface area contributed by atoms with Gasteiger partial charge in [-0.1, -0.05) is 0 Å². The lowest BCUT2D eigenvalue weighted by Crippen LogP contribution is -2.38. The maximum Gasteiger partial charge on any atom is 0.410 e. The Kier molecular flexibility index (Phi) is 4.95. The summed E-state index contributed by atoms with van der Waals surface area (Å²) in [6.45, 7) is 6.68. The number of nitrogens with zero attached hydrogens (tertiary/aromatic N) is 1. The van der Waals surface area contributed by atoms with Gasteiger partial charge in [-0.2, -0.15) is 0 Å². The molecular weight excluding hydrogens is 234 g/mol. The minimum atomic E-state index is -0.489. The van der Waals surface area contributed by atoms with Crippen LogP contribution in [0.2, 0.25) is 0 Å². The van der Waals surface area contributed by atoms with Crippen molar-refractivity contribution in [2.75, 3.05) is 13.1 Å². The summed E-state index contributed by atoms with van der Waals surface area (Å²) in [5.41, 5.74) is 1.68. The fourth-order valence-corrected chi connectivity index (χ4v) is 1.99. The molecule has 1 aliphatic rings. The Hall–Kier alpha value is -1.30. The van der Waals surface area contributed by atoms with Crippen LogP contribution in [0.1, 0.15) is 40.0 Å². The van der Waals surface area contributed by atoms with Crippen molar-refractivity contribution >= 4 is 12.0 Å². The first-order valence-electron chi connectivity index (χ1n) is 6.32. The Morgan fingerprint density at radius 2 is 1.94 bits per heavy atom. The van der Waals surface area contributed by atoms with Gasteiger partial charge in [0, 0.05) is 19.0 Å². The molecule has 1 saturated heterocycles. The lowest BCUT2D eigenvalue weighted by Gasteiger charge is -2.26. The standard InChI is InChI=1S/C12H23N3O3/c1-12(2,3)18-11(17)15-7-4-5-9(6-8-15)10(16)14-13/h9H,4-8,13H2,1-3H3,(H,14,16). The zero-order valence-corrected chi connectivity index (χ0v) is 11.4. The van der Waals surface area contributed by atoms with Gasteiger partial charge in [0.2, 0.25) is 5.91 Å². The van der Waals surface area contributed by atoms with Crippen LogP contribution in [-0.2, 0) is 9.53 Å². The van der Waals surface area contributed by atoms with Crippen molar-refractivity contribution in [1.29, 1.82) is 0 Å². The molecule has 18 heavy (non-hydrogen) atoms. The van der Waals surface area contributed by atoms with E-state index in [-0.39, 0.29) is 17.9 Å². The van der Waals surface area contributed by atoms with E-state index in [1.165, 1.54) is 0 Å². The maximum absolute atomic E-state index is 11.9. The van der Waals surface area contributed by atoms with Crippen molar-refractivity contribution in [3.8, 4) is 0 Å². The molecule has 0 aromatic rings. The van der Waals surface area contributed by atoms with Crippen molar-refractivity contribution in [1.82, 2.24) is 10.3 Å². The Morgan fingerprint density at radius 3 is 2.50 bits per heavy atom. The molecule has 1 heterocycles. The molecule has 0 spiro atoms. The van der Waals surface area contributed by atoms with E-state index < -0.39 is 5.60 Å². The van der Waals surface area contributed by atoms with Crippen LogP contribution >= 0.6 is 0 Å². The number of nitrogens with two attached hydrogens (primary N) is 1. The number of nitrogens with one attached hydrogen (secondary N) is 1. The van der Waals surface area contributed by atoms with Gasteiger partial charge in [0.1, 0.15) is 5.60 Å². The summed E-state index contributed by atoms with van der Waals surface area (Å²) >= 11 is 0. The minimum absolute atomic E-state index is 0.109. The summed E-state index contributed by atoms with van der Waals surface area (Å²) in [6.07, 6.45) is 1.86. The SMILES string of the molecule is CC(C)(C)OC(=O)N1CCCC(C(=O)NN)CC1. The van der Waals surface area contributed by atoms with E-state index in [4.69, 9.17) is 10.6 Å². The predicted octanol–water partition coefficient (Wildman–Crippen LogP) is 1.01. The van der Waals surface area contributed by atoms with Crippen molar-refractivity contribution in [3.05, 3.63) is 0 Å². The maximum atomic E-state index is 11.9. The monoisotopic (exact) mass is 257 g/mol. The molecule has 0 saturated carbocycles. The zero-order chi connectivity index (χ0) is 13.8. The zero-order valence-electron chi connectivity index (χ0n) is 11.4. The number of hydrogen-bond donors (Lipinski definition) is 2. The Bertz CT molecular complexity index is 312. The number of carbonyl (C=O) groups is 2. The van der Waals surface area contributed by atoms with Crippen LogP contribution in [0.4, 0.5) is 4.79 Å². The second-order valence-electron chi connectivity index (χ2n) is 5.60. The molecule has 0 aliphatic carbocycles. The topological polar surface area (TPSA) is 84.7 Å². The molecular formula is C12H23N3O3. The molecule has 0 bridgehead atoms. The molecule has 2 amide bonds. The van der Waals surface area contributed by atoms with E-state index in [1.807, 2.05) is 20.8 Å². The molecule has 104 valence electrons. The summed E-state index contributed by atoms with van der Waals surface area (Å²) < 4.78 is 5.32. The van der Waals surface area contributed by atoms with Gasteiger partial charge in [0.25, 0.3) is 0 Å². The lowest BCUT2D eigenvalue weighted by atomic mass is 10.0. The molecule has 1 fully saturated rings. The van der Waals surface area contributed by atoms with Crippen LogP contribution in [0.15, 0.2) is 0 Å². The number of likely N-dealkylation sites (tertiary alicyclic amines) is 1. The van der Waals surface area contributed by atoms with Crippen LogP contribution in [0.25, 0.3) is 0 Å². The van der Waals surface area contributed by atoms with Gasteiger partial charge in [0.15, 0.2) is 0 Å². The summed E-state index contributed by atoms with van der Waals surface area (Å²) in [4.78, 5) is 25.0. The number of carbonyl (C=O) groups excluding carboxylic acids is 2. The third-order valence-corrected chi connectivity index (χ3v) is 2.89.